The van der Waals surface area contributed by atoms with Crippen LogP contribution in [0.25, 0.3) is 0 Å². The van der Waals surface area contributed by atoms with Crippen molar-refractivity contribution in [1.82, 2.24) is 0 Å². The van der Waals surface area contributed by atoms with Crippen molar-refractivity contribution in [2.45, 2.75) is 19.8 Å². The van der Waals surface area contributed by atoms with Gasteiger partial charge in [-0.05, 0) is 18.6 Å². The zero-order valence-corrected chi connectivity index (χ0v) is 8.93. The smallest absolute Gasteiger partial charge is 0.303 e. The van der Waals surface area contributed by atoms with E-state index in [-0.39, 0.29) is 5.75 Å². The maximum Gasteiger partial charge on any atom is 0.303 e. The lowest BCUT2D eigenvalue weighted by atomic mass is 10.3. The lowest BCUT2D eigenvalue weighted by Crippen LogP contribution is -1.90. The minimum absolute atomic E-state index is 0.181. The Kier molecular flexibility index (Phi) is 6.80. The van der Waals surface area contributed by atoms with E-state index >= 15 is 0 Å². The summed E-state index contributed by atoms with van der Waals surface area (Å²) in [6.45, 7) is 1.84. The molecule has 0 amide bonds. The third kappa shape index (κ3) is 6.37. The number of aromatic hydroxyl groups is 1. The van der Waals surface area contributed by atoms with Crippen LogP contribution in [0.15, 0.2) is 24.3 Å². The number of hydrogen-bond acceptors (Lipinski definition) is 3. The van der Waals surface area contributed by atoms with Crippen molar-refractivity contribution in [3.05, 3.63) is 24.3 Å². The molecule has 0 aliphatic carbocycles. The van der Waals surface area contributed by atoms with Crippen molar-refractivity contribution < 1.29 is 19.7 Å². The predicted octanol–water partition coefficient (Wildman–Crippen LogP) is 2.27. The molecule has 4 nitrogen and oxygen atoms in total. The van der Waals surface area contributed by atoms with E-state index in [4.69, 9.17) is 14.9 Å². The Labute approximate surface area is 89.1 Å². The minimum atomic E-state index is -0.711. The minimum Gasteiger partial charge on any atom is -0.504 e. The number of phenolic OH excluding ortho intramolecular Hbond substituents is 1. The number of ether oxygens (including phenoxy) is 1. The first-order valence-corrected chi connectivity index (χ1v) is 4.65. The predicted molar refractivity (Wildman–Crippen MR) is 57.2 cm³/mol. The number of methoxy groups -OCH3 is 1. The van der Waals surface area contributed by atoms with Gasteiger partial charge in [0.05, 0.1) is 7.11 Å². The Morgan fingerprint density at radius 1 is 1.40 bits per heavy atom. The van der Waals surface area contributed by atoms with E-state index in [1.165, 1.54) is 7.11 Å². The van der Waals surface area contributed by atoms with E-state index in [1.807, 2.05) is 6.92 Å². The summed E-state index contributed by atoms with van der Waals surface area (Å²) in [4.78, 5) is 9.60. The summed E-state index contributed by atoms with van der Waals surface area (Å²) < 4.78 is 4.79. The molecule has 4 heteroatoms. The second-order valence-electron chi connectivity index (χ2n) is 2.82. The second kappa shape index (κ2) is 7.67. The van der Waals surface area contributed by atoms with Crippen LogP contribution in [0.2, 0.25) is 0 Å². The first-order chi connectivity index (χ1) is 7.11. The fraction of sp³-hybridized carbons (Fsp3) is 0.364. The lowest BCUT2D eigenvalue weighted by Gasteiger charge is -1.99. The van der Waals surface area contributed by atoms with Crippen molar-refractivity contribution >= 4 is 5.97 Å². The Morgan fingerprint density at radius 3 is 2.27 bits per heavy atom. The summed E-state index contributed by atoms with van der Waals surface area (Å²) >= 11 is 0. The molecule has 0 aliphatic rings. The Hall–Kier alpha value is -1.71. The highest BCUT2D eigenvalue weighted by atomic mass is 16.5. The summed E-state index contributed by atoms with van der Waals surface area (Å²) in [5, 5.41) is 16.9. The maximum absolute atomic E-state index is 9.60. The summed E-state index contributed by atoms with van der Waals surface area (Å²) in [6, 6.07) is 6.84. The molecule has 2 N–H and O–H groups in total. The maximum atomic E-state index is 9.60. The van der Waals surface area contributed by atoms with Crippen molar-refractivity contribution in [3.8, 4) is 11.5 Å². The highest BCUT2D eigenvalue weighted by Crippen LogP contribution is 2.22. The molecule has 0 heterocycles. The molecule has 0 unspecified atom stereocenters. The fourth-order valence-electron chi connectivity index (χ4n) is 0.844. The quantitative estimate of drug-likeness (QED) is 0.806. The van der Waals surface area contributed by atoms with E-state index in [1.54, 1.807) is 24.3 Å². The molecule has 0 radical (unpaired) electrons. The molecule has 1 rings (SSSR count). The largest absolute Gasteiger partial charge is 0.504 e. The molecular formula is C11H16O4. The third-order valence-electron chi connectivity index (χ3n) is 1.55. The van der Waals surface area contributed by atoms with Gasteiger partial charge in [0.25, 0.3) is 0 Å². The monoisotopic (exact) mass is 212 g/mol. The zero-order valence-electron chi connectivity index (χ0n) is 8.93. The van der Waals surface area contributed by atoms with Crippen LogP contribution in [-0.4, -0.2) is 23.3 Å². The van der Waals surface area contributed by atoms with Crippen LogP contribution in [0.3, 0.4) is 0 Å². The van der Waals surface area contributed by atoms with E-state index in [0.29, 0.717) is 12.2 Å². The van der Waals surface area contributed by atoms with Crippen LogP contribution in [0.4, 0.5) is 0 Å². The van der Waals surface area contributed by atoms with E-state index in [9.17, 15) is 4.79 Å². The molecule has 0 spiro atoms. The molecule has 0 aromatic heterocycles. The zero-order chi connectivity index (χ0) is 11.7. The lowest BCUT2D eigenvalue weighted by molar-refractivity contribution is -0.137. The van der Waals surface area contributed by atoms with E-state index < -0.39 is 5.97 Å². The number of aliphatic carboxylic acids is 1. The number of para-hydroxylation sites is 2. The SMILES string of the molecule is CCCC(=O)O.COc1ccccc1O. The molecule has 1 aromatic carbocycles. The number of carboxylic acid groups (broad SMARTS) is 1. The van der Waals surface area contributed by atoms with Gasteiger partial charge in [0.2, 0.25) is 0 Å². The molecule has 1 aromatic rings. The normalized spacial score (nSPS) is 8.67. The van der Waals surface area contributed by atoms with Gasteiger partial charge in [0, 0.05) is 6.42 Å². The van der Waals surface area contributed by atoms with Gasteiger partial charge in [0.15, 0.2) is 11.5 Å². The van der Waals surface area contributed by atoms with Crippen molar-refractivity contribution in [1.29, 1.82) is 0 Å². The molecule has 0 saturated heterocycles. The molecule has 0 saturated carbocycles. The van der Waals surface area contributed by atoms with Crippen molar-refractivity contribution in [3.63, 3.8) is 0 Å². The van der Waals surface area contributed by atoms with E-state index in [0.717, 1.165) is 6.42 Å². The summed E-state index contributed by atoms with van der Waals surface area (Å²) in [6.07, 6.45) is 1.02. The van der Waals surface area contributed by atoms with Crippen LogP contribution >= 0.6 is 0 Å². The first-order valence-electron chi connectivity index (χ1n) is 4.65. The van der Waals surface area contributed by atoms with Gasteiger partial charge in [0.1, 0.15) is 0 Å². The van der Waals surface area contributed by atoms with Gasteiger partial charge >= 0.3 is 5.97 Å². The molecule has 0 fully saturated rings. The van der Waals surface area contributed by atoms with Crippen molar-refractivity contribution in [2.24, 2.45) is 0 Å². The Balaban J connectivity index is 0.000000288. The molecule has 0 atom stereocenters. The van der Waals surface area contributed by atoms with Gasteiger partial charge in [-0.1, -0.05) is 19.1 Å². The average molecular weight is 212 g/mol. The highest BCUT2D eigenvalue weighted by Gasteiger charge is 1.94. The van der Waals surface area contributed by atoms with Gasteiger partial charge in [-0.3, -0.25) is 4.79 Å². The summed E-state index contributed by atoms with van der Waals surface area (Å²) in [7, 11) is 1.52. The van der Waals surface area contributed by atoms with Gasteiger partial charge in [-0.15, -0.1) is 0 Å². The fourth-order valence-corrected chi connectivity index (χ4v) is 0.844. The Bertz CT molecular complexity index is 296. The molecular weight excluding hydrogens is 196 g/mol. The molecule has 15 heavy (non-hydrogen) atoms. The van der Waals surface area contributed by atoms with Gasteiger partial charge < -0.3 is 14.9 Å². The number of hydrogen-bond donors (Lipinski definition) is 2. The number of rotatable bonds is 3. The van der Waals surface area contributed by atoms with E-state index in [2.05, 4.69) is 0 Å². The topological polar surface area (TPSA) is 66.8 Å². The van der Waals surface area contributed by atoms with Crippen molar-refractivity contribution in [2.75, 3.05) is 7.11 Å². The molecule has 0 aliphatic heterocycles. The van der Waals surface area contributed by atoms with Crippen LogP contribution in [-0.2, 0) is 4.79 Å². The molecule has 0 bridgehead atoms. The summed E-state index contributed by atoms with van der Waals surface area (Å²) in [5.41, 5.74) is 0. The average Bonchev–Trinajstić information content (AvgIpc) is 2.19. The standard InChI is InChI=1S/C7H8O2.C4H8O2/c1-9-7-5-3-2-4-6(7)8;1-2-3-4(5)6/h2-5,8H,1H3;2-3H2,1H3,(H,5,6). The number of carbonyl (C=O) groups is 1. The van der Waals surface area contributed by atoms with Crippen LogP contribution in [0, 0.1) is 0 Å². The summed E-state index contributed by atoms with van der Waals surface area (Å²) in [5.74, 6) is -0.0185. The first kappa shape index (κ1) is 13.3. The number of carboxylic acids is 1. The van der Waals surface area contributed by atoms with Gasteiger partial charge in [-0.2, -0.15) is 0 Å². The van der Waals surface area contributed by atoms with Crippen LogP contribution in [0.5, 0.6) is 11.5 Å². The number of benzene rings is 1. The Morgan fingerprint density at radius 2 is 2.00 bits per heavy atom. The van der Waals surface area contributed by atoms with Gasteiger partial charge in [-0.25, -0.2) is 0 Å². The van der Waals surface area contributed by atoms with Crippen LogP contribution in [0.1, 0.15) is 19.8 Å². The number of phenols is 1. The third-order valence-corrected chi connectivity index (χ3v) is 1.55. The molecule has 84 valence electrons. The highest BCUT2D eigenvalue weighted by molar-refractivity contribution is 5.66. The second-order valence-corrected chi connectivity index (χ2v) is 2.82. The van der Waals surface area contributed by atoms with Crippen LogP contribution < -0.4 is 4.74 Å².